The van der Waals surface area contributed by atoms with Gasteiger partial charge in [-0.25, -0.2) is 4.79 Å². The number of nitrogens with zero attached hydrogens (tertiary/aromatic N) is 1. The Kier molecular flexibility index (Phi) is 4.06. The van der Waals surface area contributed by atoms with E-state index in [-0.39, 0.29) is 5.97 Å². The molecule has 0 atom stereocenters. The molecule has 0 saturated carbocycles. The minimum Gasteiger partial charge on any atom is -0.496 e. The highest BCUT2D eigenvalue weighted by Gasteiger charge is 2.21. The molecule has 0 aliphatic heterocycles. The molecule has 0 saturated heterocycles. The normalized spacial score (nSPS) is 9.90. The van der Waals surface area contributed by atoms with Crippen molar-refractivity contribution < 1.29 is 14.3 Å². The Morgan fingerprint density at radius 3 is 2.70 bits per heavy atom. The lowest BCUT2D eigenvalue weighted by molar-refractivity contribution is 0.0607. The molecule has 0 spiro atoms. The van der Waals surface area contributed by atoms with Crippen LogP contribution in [0.1, 0.15) is 20.8 Å². The molecule has 0 N–H and O–H groups in total. The van der Waals surface area contributed by atoms with Crippen molar-refractivity contribution in [3.05, 3.63) is 39.6 Å². The second kappa shape index (κ2) is 5.76. The SMILES string of the molecule is COC(=O)c1scc(C)c1-c1cc(C#N)ccc1OC. The molecule has 0 aliphatic carbocycles. The quantitative estimate of drug-likeness (QED) is 0.812. The van der Waals surface area contributed by atoms with Crippen LogP contribution >= 0.6 is 11.3 Å². The van der Waals surface area contributed by atoms with Crippen LogP contribution < -0.4 is 4.74 Å². The number of rotatable bonds is 3. The molecule has 20 heavy (non-hydrogen) atoms. The third kappa shape index (κ3) is 2.38. The van der Waals surface area contributed by atoms with Crippen molar-refractivity contribution in [2.45, 2.75) is 6.92 Å². The van der Waals surface area contributed by atoms with Gasteiger partial charge in [0.15, 0.2) is 0 Å². The Morgan fingerprint density at radius 1 is 1.35 bits per heavy atom. The fourth-order valence-electron chi connectivity index (χ4n) is 1.99. The van der Waals surface area contributed by atoms with Gasteiger partial charge in [-0.2, -0.15) is 5.26 Å². The molecular formula is C15H13NO3S. The largest absolute Gasteiger partial charge is 0.496 e. The summed E-state index contributed by atoms with van der Waals surface area (Å²) in [5.41, 5.74) is 2.95. The summed E-state index contributed by atoms with van der Waals surface area (Å²) in [6.45, 7) is 1.91. The minimum absolute atomic E-state index is 0.387. The number of carbonyl (C=O) groups is 1. The maximum atomic E-state index is 11.9. The molecule has 2 aromatic rings. The van der Waals surface area contributed by atoms with Gasteiger partial charge in [0.05, 0.1) is 25.9 Å². The highest BCUT2D eigenvalue weighted by molar-refractivity contribution is 7.12. The summed E-state index contributed by atoms with van der Waals surface area (Å²) < 4.78 is 10.1. The van der Waals surface area contributed by atoms with E-state index in [1.54, 1.807) is 25.3 Å². The zero-order chi connectivity index (χ0) is 14.7. The predicted octanol–water partition coefficient (Wildman–Crippen LogP) is 3.39. The van der Waals surface area contributed by atoms with Crippen LogP contribution in [0.4, 0.5) is 0 Å². The molecule has 1 aromatic carbocycles. The third-order valence-electron chi connectivity index (χ3n) is 2.94. The van der Waals surface area contributed by atoms with Crippen molar-refractivity contribution in [2.75, 3.05) is 14.2 Å². The summed E-state index contributed by atoms with van der Waals surface area (Å²) >= 11 is 1.32. The van der Waals surface area contributed by atoms with Crippen LogP contribution in [-0.4, -0.2) is 20.2 Å². The van der Waals surface area contributed by atoms with E-state index < -0.39 is 0 Å². The highest BCUT2D eigenvalue weighted by atomic mass is 32.1. The fraction of sp³-hybridized carbons (Fsp3) is 0.200. The molecule has 0 amide bonds. The molecule has 0 aliphatic rings. The number of ether oxygens (including phenoxy) is 2. The third-order valence-corrected chi connectivity index (χ3v) is 4.02. The average Bonchev–Trinajstić information content (AvgIpc) is 2.87. The highest BCUT2D eigenvalue weighted by Crippen LogP contribution is 2.38. The summed E-state index contributed by atoms with van der Waals surface area (Å²) in [6, 6.07) is 7.23. The Morgan fingerprint density at radius 2 is 2.10 bits per heavy atom. The first kappa shape index (κ1) is 14.1. The zero-order valence-electron chi connectivity index (χ0n) is 11.4. The van der Waals surface area contributed by atoms with Gasteiger partial charge in [0.2, 0.25) is 0 Å². The Balaban J connectivity index is 2.71. The van der Waals surface area contributed by atoms with Crippen molar-refractivity contribution in [1.82, 2.24) is 0 Å². The van der Waals surface area contributed by atoms with Gasteiger partial charge in [-0.3, -0.25) is 0 Å². The van der Waals surface area contributed by atoms with Crippen molar-refractivity contribution in [2.24, 2.45) is 0 Å². The lowest BCUT2D eigenvalue weighted by Crippen LogP contribution is -2.01. The molecule has 0 radical (unpaired) electrons. The van der Waals surface area contributed by atoms with Crippen LogP contribution in [-0.2, 0) is 4.74 Å². The second-order valence-corrected chi connectivity index (χ2v) is 5.02. The molecule has 0 unspecified atom stereocenters. The lowest BCUT2D eigenvalue weighted by Gasteiger charge is -2.10. The van der Waals surface area contributed by atoms with Gasteiger partial charge in [-0.15, -0.1) is 11.3 Å². The number of esters is 1. The van der Waals surface area contributed by atoms with Crippen molar-refractivity contribution in [1.29, 1.82) is 5.26 Å². The number of thiophene rings is 1. The van der Waals surface area contributed by atoms with Gasteiger partial charge in [0, 0.05) is 11.1 Å². The number of methoxy groups -OCH3 is 2. The standard InChI is InChI=1S/C15H13NO3S/c1-9-8-20-14(15(17)19-3)13(9)11-6-10(7-16)4-5-12(11)18-2/h4-6,8H,1-3H3. The van der Waals surface area contributed by atoms with Crippen LogP contribution in [0.3, 0.4) is 0 Å². The van der Waals surface area contributed by atoms with Crippen LogP contribution in [0.15, 0.2) is 23.6 Å². The minimum atomic E-state index is -0.387. The van der Waals surface area contributed by atoms with Crippen LogP contribution in [0.25, 0.3) is 11.1 Å². The molecule has 0 fully saturated rings. The van der Waals surface area contributed by atoms with Gasteiger partial charge in [-0.1, -0.05) is 0 Å². The maximum Gasteiger partial charge on any atom is 0.348 e. The molecular weight excluding hydrogens is 274 g/mol. The molecule has 102 valence electrons. The number of hydrogen-bond acceptors (Lipinski definition) is 5. The van der Waals surface area contributed by atoms with Crippen molar-refractivity contribution >= 4 is 17.3 Å². The second-order valence-electron chi connectivity index (χ2n) is 4.14. The Bertz CT molecular complexity index is 698. The molecule has 1 aromatic heterocycles. The lowest BCUT2D eigenvalue weighted by atomic mass is 9.99. The number of aryl methyl sites for hydroxylation is 1. The summed E-state index contributed by atoms with van der Waals surface area (Å²) in [5, 5.41) is 10.9. The number of hydrogen-bond donors (Lipinski definition) is 0. The summed E-state index contributed by atoms with van der Waals surface area (Å²) in [6.07, 6.45) is 0. The topological polar surface area (TPSA) is 59.3 Å². The Labute approximate surface area is 121 Å². The van der Waals surface area contributed by atoms with E-state index in [4.69, 9.17) is 14.7 Å². The predicted molar refractivity (Wildman–Crippen MR) is 77.1 cm³/mol. The van der Waals surface area contributed by atoms with Crippen LogP contribution in [0.5, 0.6) is 5.75 Å². The van der Waals surface area contributed by atoms with Gasteiger partial charge in [0.1, 0.15) is 10.6 Å². The number of nitriles is 1. The van der Waals surface area contributed by atoms with E-state index in [0.29, 0.717) is 16.2 Å². The van der Waals surface area contributed by atoms with Gasteiger partial charge in [-0.05, 0) is 36.1 Å². The van der Waals surface area contributed by atoms with Crippen molar-refractivity contribution in [3.8, 4) is 22.9 Å². The van der Waals surface area contributed by atoms with Gasteiger partial charge in [0.25, 0.3) is 0 Å². The summed E-state index contributed by atoms with van der Waals surface area (Å²) in [7, 11) is 2.91. The first-order chi connectivity index (χ1) is 9.62. The van der Waals surface area contributed by atoms with E-state index in [1.165, 1.54) is 18.4 Å². The average molecular weight is 287 g/mol. The first-order valence-electron chi connectivity index (χ1n) is 5.87. The van der Waals surface area contributed by atoms with Crippen molar-refractivity contribution in [3.63, 3.8) is 0 Å². The molecule has 4 nitrogen and oxygen atoms in total. The Hall–Kier alpha value is -2.32. The van der Waals surface area contributed by atoms with E-state index in [2.05, 4.69) is 6.07 Å². The van der Waals surface area contributed by atoms with E-state index in [9.17, 15) is 4.79 Å². The summed E-state index contributed by atoms with van der Waals surface area (Å²) in [5.74, 6) is 0.234. The van der Waals surface area contributed by atoms with Gasteiger partial charge < -0.3 is 9.47 Å². The number of carbonyl (C=O) groups excluding carboxylic acids is 1. The smallest absolute Gasteiger partial charge is 0.348 e. The maximum absolute atomic E-state index is 11.9. The van der Waals surface area contributed by atoms with Crippen LogP contribution in [0.2, 0.25) is 0 Å². The summed E-state index contributed by atoms with van der Waals surface area (Å²) in [4.78, 5) is 12.4. The molecule has 2 rings (SSSR count). The van der Waals surface area contributed by atoms with Gasteiger partial charge >= 0.3 is 5.97 Å². The van der Waals surface area contributed by atoms with E-state index >= 15 is 0 Å². The van der Waals surface area contributed by atoms with Crippen LogP contribution in [0, 0.1) is 18.3 Å². The fourth-order valence-corrected chi connectivity index (χ4v) is 2.98. The first-order valence-corrected chi connectivity index (χ1v) is 6.75. The molecule has 0 bridgehead atoms. The molecule has 5 heteroatoms. The number of benzene rings is 1. The zero-order valence-corrected chi connectivity index (χ0v) is 12.2. The van der Waals surface area contributed by atoms with E-state index in [0.717, 1.165) is 16.7 Å². The monoisotopic (exact) mass is 287 g/mol. The van der Waals surface area contributed by atoms with E-state index in [1.807, 2.05) is 12.3 Å². The molecule has 1 heterocycles.